The van der Waals surface area contributed by atoms with Crippen LogP contribution in [0.5, 0.6) is 0 Å². The molecule has 2 aromatic heterocycles. The minimum Gasteiger partial charge on any atom is -0.455 e. The molecule has 0 unspecified atom stereocenters. The highest BCUT2D eigenvalue weighted by Crippen LogP contribution is 2.30. The van der Waals surface area contributed by atoms with Gasteiger partial charge < -0.3 is 9.73 Å². The molecular weight excluding hydrogens is 380 g/mol. The van der Waals surface area contributed by atoms with E-state index < -0.39 is 0 Å². The van der Waals surface area contributed by atoms with Gasteiger partial charge in [-0.05, 0) is 37.5 Å². The highest BCUT2D eigenvalue weighted by atomic mass is 16.4. The lowest BCUT2D eigenvalue weighted by Gasteiger charge is -2.13. The van der Waals surface area contributed by atoms with Gasteiger partial charge in [-0.1, -0.05) is 30.3 Å². The van der Waals surface area contributed by atoms with Crippen molar-refractivity contribution in [3.63, 3.8) is 0 Å². The highest BCUT2D eigenvalue weighted by Gasteiger charge is 2.28. The topological polar surface area (TPSA) is 96.6 Å². The van der Waals surface area contributed by atoms with Gasteiger partial charge in [-0.25, -0.2) is 5.43 Å². The molecule has 0 bridgehead atoms. The molecule has 0 spiro atoms. The van der Waals surface area contributed by atoms with Gasteiger partial charge in [0.1, 0.15) is 5.76 Å². The first kappa shape index (κ1) is 19.6. The first-order valence-corrected chi connectivity index (χ1v) is 9.85. The summed E-state index contributed by atoms with van der Waals surface area (Å²) in [5.41, 5.74) is 6.50. The number of carbonyl (C=O) groups is 2. The number of hydrogen-bond donors (Lipinski definition) is 2. The molecule has 0 radical (unpaired) electrons. The Hall–Kier alpha value is -3.74. The summed E-state index contributed by atoms with van der Waals surface area (Å²) in [5, 5.41) is 7.17. The van der Waals surface area contributed by atoms with E-state index >= 15 is 0 Å². The molecule has 3 aromatic rings. The molecular formula is C23H22N4O3. The third-order valence-corrected chi connectivity index (χ3v) is 4.99. The SMILES string of the molecule is Cc1c(C(=O)Nc2ccncc2)oc2c1/C(=N/NC(=O)Cc1ccccc1)CCC2. The Balaban J connectivity index is 1.51. The van der Waals surface area contributed by atoms with E-state index in [0.717, 1.165) is 41.0 Å². The lowest BCUT2D eigenvalue weighted by atomic mass is 9.93. The zero-order valence-corrected chi connectivity index (χ0v) is 16.6. The number of fused-ring (bicyclic) bond motifs is 1. The maximum Gasteiger partial charge on any atom is 0.291 e. The van der Waals surface area contributed by atoms with Crippen LogP contribution in [0.25, 0.3) is 0 Å². The molecule has 2 N–H and O–H groups in total. The molecule has 7 nitrogen and oxygen atoms in total. The van der Waals surface area contributed by atoms with E-state index in [2.05, 4.69) is 20.8 Å². The zero-order chi connectivity index (χ0) is 20.9. The van der Waals surface area contributed by atoms with Crippen LogP contribution in [0.3, 0.4) is 0 Å². The quantitative estimate of drug-likeness (QED) is 0.637. The van der Waals surface area contributed by atoms with Crippen LogP contribution < -0.4 is 10.7 Å². The molecule has 0 aliphatic heterocycles. The molecule has 1 aromatic carbocycles. The molecule has 4 rings (SSSR count). The van der Waals surface area contributed by atoms with Gasteiger partial charge in [-0.15, -0.1) is 0 Å². The number of rotatable bonds is 5. The maximum atomic E-state index is 12.7. The number of hydrazone groups is 1. The van der Waals surface area contributed by atoms with E-state index in [1.807, 2.05) is 37.3 Å². The van der Waals surface area contributed by atoms with Crippen molar-refractivity contribution in [1.82, 2.24) is 10.4 Å². The third kappa shape index (κ3) is 4.30. The molecule has 1 aliphatic carbocycles. The lowest BCUT2D eigenvalue weighted by Crippen LogP contribution is -2.23. The Morgan fingerprint density at radius 1 is 1.10 bits per heavy atom. The van der Waals surface area contributed by atoms with Gasteiger partial charge >= 0.3 is 0 Å². The van der Waals surface area contributed by atoms with Crippen molar-refractivity contribution in [3.05, 3.63) is 83.1 Å². The standard InChI is InChI=1S/C23H22N4O3/c1-15-21-18(26-27-20(28)14-16-6-3-2-4-7-16)8-5-9-19(21)30-22(15)23(29)25-17-10-12-24-13-11-17/h2-4,6-7,10-13H,5,8-9,14H2,1H3,(H,27,28)(H,24,25,29)/b26-18+. The number of nitrogens with one attached hydrogen (secondary N) is 2. The second kappa shape index (κ2) is 8.73. The van der Waals surface area contributed by atoms with Crippen molar-refractivity contribution < 1.29 is 14.0 Å². The summed E-state index contributed by atoms with van der Waals surface area (Å²) in [6, 6.07) is 12.9. The average molecular weight is 402 g/mol. The predicted octanol–water partition coefficient (Wildman–Crippen LogP) is 3.63. The minimum absolute atomic E-state index is 0.183. The molecule has 7 heteroatoms. The van der Waals surface area contributed by atoms with Gasteiger partial charge in [0.2, 0.25) is 5.91 Å². The van der Waals surface area contributed by atoms with E-state index in [0.29, 0.717) is 12.1 Å². The van der Waals surface area contributed by atoms with Gasteiger partial charge in [0.15, 0.2) is 5.76 Å². The molecule has 0 fully saturated rings. The average Bonchev–Trinajstić information content (AvgIpc) is 3.11. The Labute approximate surface area is 174 Å². The second-order valence-electron chi connectivity index (χ2n) is 7.15. The molecule has 0 saturated heterocycles. The van der Waals surface area contributed by atoms with Crippen LogP contribution in [0.4, 0.5) is 5.69 Å². The van der Waals surface area contributed by atoms with Crippen LogP contribution in [0, 0.1) is 6.92 Å². The predicted molar refractivity (Wildman–Crippen MR) is 113 cm³/mol. The van der Waals surface area contributed by atoms with Crippen LogP contribution in [-0.2, 0) is 17.6 Å². The fourth-order valence-corrected chi connectivity index (χ4v) is 3.57. The summed E-state index contributed by atoms with van der Waals surface area (Å²) in [6.45, 7) is 1.84. The summed E-state index contributed by atoms with van der Waals surface area (Å²) >= 11 is 0. The number of carbonyl (C=O) groups excluding carboxylic acids is 2. The maximum absolute atomic E-state index is 12.7. The fraction of sp³-hybridized carbons (Fsp3) is 0.217. The Morgan fingerprint density at radius 2 is 1.87 bits per heavy atom. The van der Waals surface area contributed by atoms with Crippen molar-refractivity contribution in [1.29, 1.82) is 0 Å². The largest absolute Gasteiger partial charge is 0.455 e. The Bertz CT molecular complexity index is 1090. The van der Waals surface area contributed by atoms with Gasteiger partial charge in [0.25, 0.3) is 5.91 Å². The summed E-state index contributed by atoms with van der Waals surface area (Å²) in [4.78, 5) is 28.9. The Morgan fingerprint density at radius 3 is 2.63 bits per heavy atom. The van der Waals surface area contributed by atoms with Gasteiger partial charge in [-0.3, -0.25) is 14.6 Å². The Kier molecular flexibility index (Phi) is 5.70. The number of nitrogens with zero attached hydrogens (tertiary/aromatic N) is 2. The summed E-state index contributed by atoms with van der Waals surface area (Å²) in [7, 11) is 0. The monoisotopic (exact) mass is 402 g/mol. The molecule has 0 saturated carbocycles. The van der Waals surface area contributed by atoms with Crippen molar-refractivity contribution in [3.8, 4) is 0 Å². The number of benzene rings is 1. The number of furan rings is 1. The highest BCUT2D eigenvalue weighted by molar-refractivity contribution is 6.09. The number of pyridine rings is 1. The minimum atomic E-state index is -0.319. The summed E-state index contributed by atoms with van der Waals surface area (Å²) in [5.74, 6) is 0.495. The zero-order valence-electron chi connectivity index (χ0n) is 16.6. The number of aromatic nitrogens is 1. The van der Waals surface area contributed by atoms with E-state index in [4.69, 9.17) is 4.42 Å². The van der Waals surface area contributed by atoms with Crippen LogP contribution in [-0.4, -0.2) is 22.5 Å². The van der Waals surface area contributed by atoms with Crippen molar-refractivity contribution >= 4 is 23.2 Å². The van der Waals surface area contributed by atoms with Crippen molar-refractivity contribution in [2.24, 2.45) is 5.10 Å². The van der Waals surface area contributed by atoms with Gasteiger partial charge in [0.05, 0.1) is 12.1 Å². The van der Waals surface area contributed by atoms with E-state index in [1.165, 1.54) is 0 Å². The lowest BCUT2D eigenvalue weighted by molar-refractivity contribution is -0.120. The molecule has 0 atom stereocenters. The fourth-order valence-electron chi connectivity index (χ4n) is 3.57. The summed E-state index contributed by atoms with van der Waals surface area (Å²) in [6.07, 6.45) is 5.77. The van der Waals surface area contributed by atoms with Crippen LogP contribution in [0.2, 0.25) is 0 Å². The molecule has 1 aliphatic rings. The number of aryl methyl sites for hydroxylation is 1. The molecule has 152 valence electrons. The number of amides is 2. The first-order valence-electron chi connectivity index (χ1n) is 9.85. The second-order valence-corrected chi connectivity index (χ2v) is 7.15. The van der Waals surface area contributed by atoms with Crippen molar-refractivity contribution in [2.45, 2.75) is 32.6 Å². The first-order chi connectivity index (χ1) is 14.6. The number of hydrogen-bond acceptors (Lipinski definition) is 5. The van der Waals surface area contributed by atoms with Crippen molar-refractivity contribution in [2.75, 3.05) is 5.32 Å². The van der Waals surface area contributed by atoms with Crippen LogP contribution >= 0.6 is 0 Å². The van der Waals surface area contributed by atoms with E-state index in [-0.39, 0.29) is 24.0 Å². The smallest absolute Gasteiger partial charge is 0.291 e. The van der Waals surface area contributed by atoms with Gasteiger partial charge in [-0.2, -0.15) is 5.10 Å². The normalized spacial score (nSPS) is 14.2. The van der Waals surface area contributed by atoms with Crippen LogP contribution in [0.1, 0.15) is 45.8 Å². The van der Waals surface area contributed by atoms with Gasteiger partial charge in [0, 0.05) is 35.6 Å². The molecule has 30 heavy (non-hydrogen) atoms. The molecule has 2 heterocycles. The third-order valence-electron chi connectivity index (χ3n) is 4.99. The summed E-state index contributed by atoms with van der Waals surface area (Å²) < 4.78 is 5.88. The van der Waals surface area contributed by atoms with E-state index in [1.54, 1.807) is 24.5 Å². The molecule has 2 amide bonds. The van der Waals surface area contributed by atoms with Crippen LogP contribution in [0.15, 0.2) is 64.4 Å². The number of anilines is 1. The van der Waals surface area contributed by atoms with E-state index in [9.17, 15) is 9.59 Å².